The quantitative estimate of drug-likeness (QED) is 0.268. The van der Waals surface area contributed by atoms with Crippen molar-refractivity contribution in [1.82, 2.24) is 0 Å². The minimum absolute atomic E-state index is 0.0238. The second kappa shape index (κ2) is 11.9. The molecule has 3 nitrogen and oxygen atoms in total. The van der Waals surface area contributed by atoms with E-state index in [-0.39, 0.29) is 18.0 Å². The number of ether oxygens (including phenoxy) is 1. The molecule has 0 bridgehead atoms. The smallest absolute Gasteiger partial charge is 0.309 e. The van der Waals surface area contributed by atoms with Gasteiger partial charge in [-0.15, -0.1) is 0 Å². The molecule has 0 radical (unpaired) electrons. The second-order valence-corrected chi connectivity index (χ2v) is 9.21. The van der Waals surface area contributed by atoms with Crippen LogP contribution in [0.3, 0.4) is 0 Å². The predicted molar refractivity (Wildman–Crippen MR) is 121 cm³/mol. The lowest BCUT2D eigenvalue weighted by Crippen LogP contribution is -2.29. The molecule has 2 fully saturated rings. The molecule has 2 aliphatic rings. The molecule has 0 aliphatic heterocycles. The highest BCUT2D eigenvalue weighted by Crippen LogP contribution is 2.37. The lowest BCUT2D eigenvalue weighted by Gasteiger charge is -2.31. The summed E-state index contributed by atoms with van der Waals surface area (Å²) in [7, 11) is 0. The number of hydrogen-bond donors (Lipinski definition) is 0. The van der Waals surface area contributed by atoms with Crippen molar-refractivity contribution in [2.45, 2.75) is 96.0 Å². The van der Waals surface area contributed by atoms with Crippen LogP contribution in [0.15, 0.2) is 36.4 Å². The minimum Gasteiger partial charge on any atom is -0.462 e. The number of nitrogens with zero attached hydrogens (tertiary/aromatic N) is 1. The number of nitriles is 1. The van der Waals surface area contributed by atoms with Gasteiger partial charge < -0.3 is 4.74 Å². The fraction of sp³-hybridized carbons (Fsp3) is 0.630. The van der Waals surface area contributed by atoms with Gasteiger partial charge in [-0.25, -0.2) is 0 Å². The Labute approximate surface area is 182 Å². The summed E-state index contributed by atoms with van der Waals surface area (Å²) in [6.07, 6.45) is 16.6. The third-order valence-electron chi connectivity index (χ3n) is 7.03. The molecule has 0 atom stereocenters. The number of rotatable bonds is 8. The van der Waals surface area contributed by atoms with Crippen LogP contribution in [0.2, 0.25) is 0 Å². The Balaban J connectivity index is 1.39. The Morgan fingerprint density at radius 3 is 2.37 bits per heavy atom. The zero-order chi connectivity index (χ0) is 21.2. The molecule has 3 rings (SSSR count). The molecule has 0 spiro atoms. The van der Waals surface area contributed by atoms with Crippen LogP contribution in [0.4, 0.5) is 0 Å². The minimum atomic E-state index is 0.0238. The van der Waals surface area contributed by atoms with E-state index in [1.807, 2.05) is 6.08 Å². The molecule has 1 aromatic rings. The van der Waals surface area contributed by atoms with E-state index < -0.39 is 0 Å². The first-order valence-electron chi connectivity index (χ1n) is 12.0. The number of esters is 1. The van der Waals surface area contributed by atoms with Crippen molar-refractivity contribution >= 4 is 5.97 Å². The van der Waals surface area contributed by atoms with Gasteiger partial charge in [0.2, 0.25) is 0 Å². The number of carbonyl (C=O) groups excluding carboxylic acids is 1. The summed E-state index contributed by atoms with van der Waals surface area (Å²) in [5.41, 5.74) is 2.88. The van der Waals surface area contributed by atoms with Crippen LogP contribution in [-0.4, -0.2) is 12.1 Å². The number of aryl methyl sites for hydroxylation is 1. The van der Waals surface area contributed by atoms with E-state index in [1.165, 1.54) is 36.8 Å². The maximum Gasteiger partial charge on any atom is 0.309 e. The van der Waals surface area contributed by atoms with Crippen molar-refractivity contribution in [1.29, 1.82) is 5.26 Å². The maximum atomic E-state index is 12.7. The van der Waals surface area contributed by atoms with Crippen LogP contribution >= 0.6 is 0 Å². The molecule has 2 aliphatic carbocycles. The van der Waals surface area contributed by atoms with Gasteiger partial charge in [-0.1, -0.05) is 50.1 Å². The van der Waals surface area contributed by atoms with Crippen LogP contribution in [0.5, 0.6) is 0 Å². The first-order chi connectivity index (χ1) is 14.7. The van der Waals surface area contributed by atoms with E-state index in [0.29, 0.717) is 11.8 Å². The first-order valence-corrected chi connectivity index (χ1v) is 12.0. The molecule has 30 heavy (non-hydrogen) atoms. The molecule has 0 saturated heterocycles. The van der Waals surface area contributed by atoms with Gasteiger partial charge >= 0.3 is 5.97 Å². The van der Waals surface area contributed by atoms with E-state index in [0.717, 1.165) is 51.4 Å². The Kier molecular flexibility index (Phi) is 9.00. The summed E-state index contributed by atoms with van der Waals surface area (Å²) < 4.78 is 5.86. The SMILES string of the molecule is CCCCCc1ccc(C2CCC(C(=O)OC3CCC(C=CC#N)CC3)CC2)cc1. The number of benzene rings is 1. The molecule has 0 amide bonds. The molecule has 2 saturated carbocycles. The van der Waals surface area contributed by atoms with E-state index in [4.69, 9.17) is 10.00 Å². The standard InChI is InChI=1S/C27H37NO2/c1-2-3-4-6-21-8-12-23(13-9-21)24-14-16-25(17-15-24)27(29)30-26-18-10-22(11-19-26)7-5-20-28/h5,7-9,12-13,22,24-26H,2-4,6,10-11,14-19H2,1H3. The van der Waals surface area contributed by atoms with Crippen molar-refractivity contribution in [3.05, 3.63) is 47.5 Å². The van der Waals surface area contributed by atoms with Gasteiger partial charge in [-0.3, -0.25) is 4.79 Å². The largest absolute Gasteiger partial charge is 0.462 e. The van der Waals surface area contributed by atoms with Gasteiger partial charge in [0.1, 0.15) is 6.10 Å². The summed E-state index contributed by atoms with van der Waals surface area (Å²) in [5.74, 6) is 1.15. The monoisotopic (exact) mass is 407 g/mol. The molecule has 0 unspecified atom stereocenters. The van der Waals surface area contributed by atoms with Crippen molar-refractivity contribution < 1.29 is 9.53 Å². The average Bonchev–Trinajstić information content (AvgIpc) is 2.79. The number of allylic oxidation sites excluding steroid dienone is 2. The van der Waals surface area contributed by atoms with Crippen LogP contribution in [0.1, 0.15) is 94.6 Å². The molecule has 162 valence electrons. The third-order valence-corrected chi connectivity index (χ3v) is 7.03. The first kappa shape index (κ1) is 22.6. The summed E-state index contributed by atoms with van der Waals surface area (Å²) in [4.78, 5) is 12.7. The van der Waals surface area contributed by atoms with Crippen molar-refractivity contribution in [3.8, 4) is 6.07 Å². The molecular weight excluding hydrogens is 370 g/mol. The van der Waals surface area contributed by atoms with Gasteiger partial charge in [0.15, 0.2) is 0 Å². The molecule has 0 heterocycles. The van der Waals surface area contributed by atoms with E-state index in [1.54, 1.807) is 6.08 Å². The lowest BCUT2D eigenvalue weighted by atomic mass is 9.78. The summed E-state index contributed by atoms with van der Waals surface area (Å²) in [6.45, 7) is 2.25. The highest BCUT2D eigenvalue weighted by Gasteiger charge is 2.30. The normalized spacial score (nSPS) is 26.9. The molecule has 0 aromatic heterocycles. The van der Waals surface area contributed by atoms with Gasteiger partial charge in [0, 0.05) is 6.08 Å². The van der Waals surface area contributed by atoms with Gasteiger partial charge in [0.05, 0.1) is 12.0 Å². The Morgan fingerprint density at radius 1 is 1.03 bits per heavy atom. The highest BCUT2D eigenvalue weighted by atomic mass is 16.5. The predicted octanol–water partition coefficient (Wildman–Crippen LogP) is 6.87. The van der Waals surface area contributed by atoms with Gasteiger partial charge in [-0.05, 0) is 87.2 Å². The summed E-state index contributed by atoms with van der Waals surface area (Å²) in [5, 5.41) is 8.65. The lowest BCUT2D eigenvalue weighted by molar-refractivity contribution is -0.157. The topological polar surface area (TPSA) is 50.1 Å². The Bertz CT molecular complexity index is 714. The van der Waals surface area contributed by atoms with E-state index in [9.17, 15) is 4.79 Å². The zero-order valence-electron chi connectivity index (χ0n) is 18.5. The third kappa shape index (κ3) is 6.73. The van der Waals surface area contributed by atoms with E-state index in [2.05, 4.69) is 37.3 Å². The molecule has 1 aromatic carbocycles. The summed E-state index contributed by atoms with van der Waals surface area (Å²) in [6, 6.07) is 11.3. The zero-order valence-corrected chi connectivity index (χ0v) is 18.5. The van der Waals surface area contributed by atoms with E-state index >= 15 is 0 Å². The second-order valence-electron chi connectivity index (χ2n) is 9.21. The Hall–Kier alpha value is -2.08. The average molecular weight is 408 g/mol. The van der Waals surface area contributed by atoms with Crippen molar-refractivity contribution in [3.63, 3.8) is 0 Å². The fourth-order valence-electron chi connectivity index (χ4n) is 5.04. The molecule has 3 heteroatoms. The fourth-order valence-corrected chi connectivity index (χ4v) is 5.04. The van der Waals surface area contributed by atoms with Crippen LogP contribution in [-0.2, 0) is 16.0 Å². The Morgan fingerprint density at radius 2 is 1.73 bits per heavy atom. The van der Waals surface area contributed by atoms with Crippen molar-refractivity contribution in [2.24, 2.45) is 11.8 Å². The number of unbranched alkanes of at least 4 members (excludes halogenated alkanes) is 2. The number of carbonyl (C=O) groups is 1. The summed E-state index contributed by atoms with van der Waals surface area (Å²) >= 11 is 0. The highest BCUT2D eigenvalue weighted by molar-refractivity contribution is 5.72. The van der Waals surface area contributed by atoms with Crippen LogP contribution in [0.25, 0.3) is 0 Å². The van der Waals surface area contributed by atoms with Gasteiger partial charge in [-0.2, -0.15) is 5.26 Å². The number of hydrogen-bond acceptors (Lipinski definition) is 3. The molecule has 0 N–H and O–H groups in total. The van der Waals surface area contributed by atoms with Crippen molar-refractivity contribution in [2.75, 3.05) is 0 Å². The molecular formula is C27H37NO2. The maximum absolute atomic E-state index is 12.7. The van der Waals surface area contributed by atoms with Crippen LogP contribution < -0.4 is 0 Å². The van der Waals surface area contributed by atoms with Crippen LogP contribution in [0, 0.1) is 23.2 Å². The van der Waals surface area contributed by atoms with Gasteiger partial charge in [0.25, 0.3) is 0 Å².